The Labute approximate surface area is 317 Å². The Hall–Kier alpha value is -2.05. The highest BCUT2D eigenvalue weighted by Crippen LogP contribution is 2.10. The van der Waals surface area contributed by atoms with Crippen molar-refractivity contribution >= 4 is 17.8 Å². The van der Waals surface area contributed by atoms with Crippen molar-refractivity contribution in [1.82, 2.24) is 15.5 Å². The van der Waals surface area contributed by atoms with E-state index in [0.29, 0.717) is 52.5 Å². The molecule has 1 atom stereocenters. The van der Waals surface area contributed by atoms with Crippen LogP contribution in [0.25, 0.3) is 0 Å². The Morgan fingerprint density at radius 1 is 0.596 bits per heavy atom. The number of allylic oxidation sites excluding steroid dienone is 2. The molecule has 0 aromatic rings. The first kappa shape index (κ1) is 49.9. The maximum Gasteiger partial charge on any atom is 0.321 e. The summed E-state index contributed by atoms with van der Waals surface area (Å²) in [6.45, 7) is 13.0. The number of nitrogens with zero attached hydrogens (tertiary/aromatic N) is 1. The second-order valence-corrected chi connectivity index (χ2v) is 13.7. The molecule has 0 bridgehead atoms. The van der Waals surface area contributed by atoms with E-state index in [2.05, 4.69) is 48.5 Å². The van der Waals surface area contributed by atoms with Crippen LogP contribution < -0.4 is 10.6 Å². The average Bonchev–Trinajstić information content (AvgIpc) is 3.13. The Morgan fingerprint density at radius 2 is 1.10 bits per heavy atom. The molecule has 11 heteroatoms. The topological polar surface area (TPSA) is 136 Å². The van der Waals surface area contributed by atoms with Gasteiger partial charge in [-0.25, -0.2) is 0 Å². The highest BCUT2D eigenvalue weighted by Gasteiger charge is 2.21. The molecule has 0 heterocycles. The van der Waals surface area contributed by atoms with Crippen LogP contribution >= 0.6 is 0 Å². The molecule has 1 amide bonds. The van der Waals surface area contributed by atoms with Gasteiger partial charge in [0.05, 0.1) is 46.1 Å². The molecule has 3 N–H and O–H groups in total. The lowest BCUT2D eigenvalue weighted by molar-refractivity contribution is -0.150. The molecule has 0 aliphatic heterocycles. The molecule has 0 aromatic heterocycles. The third-order valence-corrected chi connectivity index (χ3v) is 8.84. The Bertz CT molecular complexity index is 837. The van der Waals surface area contributed by atoms with Crippen LogP contribution in [0.2, 0.25) is 0 Å². The molecule has 52 heavy (non-hydrogen) atoms. The third-order valence-electron chi connectivity index (χ3n) is 8.84. The van der Waals surface area contributed by atoms with E-state index in [-0.39, 0.29) is 25.5 Å². The van der Waals surface area contributed by atoms with Gasteiger partial charge < -0.3 is 39.6 Å². The number of hydrogen-bond donors (Lipinski definition) is 3. The Morgan fingerprint density at radius 3 is 1.67 bits per heavy atom. The normalized spacial score (nSPS) is 12.2. The maximum absolute atomic E-state index is 12.2. The Kier molecular flexibility index (Phi) is 38.6. The molecule has 0 saturated carbocycles. The number of carbonyl (C=O) groups is 3. The number of nitrogens with one attached hydrogen (secondary N) is 2. The molecule has 306 valence electrons. The van der Waals surface area contributed by atoms with Gasteiger partial charge in [0.1, 0.15) is 12.6 Å². The monoisotopic (exact) mass is 742 g/mol. The summed E-state index contributed by atoms with van der Waals surface area (Å²) < 4.78 is 21.6. The molecule has 0 spiro atoms. The minimum atomic E-state index is -1.06. The number of esters is 1. The zero-order valence-electron chi connectivity index (χ0n) is 33.6. The van der Waals surface area contributed by atoms with Gasteiger partial charge in [-0.15, -0.1) is 0 Å². The minimum absolute atomic E-state index is 0.0566. The van der Waals surface area contributed by atoms with Gasteiger partial charge in [0.25, 0.3) is 0 Å². The fourth-order valence-electron chi connectivity index (χ4n) is 5.61. The summed E-state index contributed by atoms with van der Waals surface area (Å²) in [5, 5.41) is 15.4. The summed E-state index contributed by atoms with van der Waals surface area (Å²) in [5.74, 6) is -1.54. The van der Waals surface area contributed by atoms with E-state index in [4.69, 9.17) is 18.9 Å². The quantitative estimate of drug-likeness (QED) is 0.0329. The number of carbonyl (C=O) groups excluding carboxylic acids is 2. The van der Waals surface area contributed by atoms with Gasteiger partial charge in [-0.05, 0) is 77.5 Å². The number of hydrogen-bond acceptors (Lipinski definition) is 9. The van der Waals surface area contributed by atoms with Crippen LogP contribution in [0.15, 0.2) is 12.2 Å². The van der Waals surface area contributed by atoms with E-state index in [1.165, 1.54) is 70.6 Å². The SMILES string of the molecule is CCCCCCCC/C=C\CCCCCCCC(=O)NCCOCCOCCOCCOC(=O)CC(NCCCN(CCCC)CCCC)C(=O)O. The van der Waals surface area contributed by atoms with Crippen LogP contribution in [0.5, 0.6) is 0 Å². The van der Waals surface area contributed by atoms with Gasteiger partial charge in [0.2, 0.25) is 5.91 Å². The standard InChI is InChI=1S/C41H79N3O8/c1-4-7-10-11-12-13-14-15-16-17-18-19-20-21-22-24-39(45)43-26-30-49-31-32-50-33-34-51-35-36-52-40(46)37-38(41(47)48)42-25-23-29-44(27-8-5-2)28-9-6-3/h15-16,38,42H,4-14,17-37H2,1-3H3,(H,43,45)(H,47,48)/b16-15-. The number of unbranched alkanes of at least 4 members (excludes halogenated alkanes) is 13. The predicted octanol–water partition coefficient (Wildman–Crippen LogP) is 7.46. The lowest BCUT2D eigenvalue weighted by atomic mass is 10.1. The van der Waals surface area contributed by atoms with E-state index in [9.17, 15) is 19.5 Å². The molecular weight excluding hydrogens is 662 g/mol. The third kappa shape index (κ3) is 36.3. The first-order chi connectivity index (χ1) is 25.4. The first-order valence-electron chi connectivity index (χ1n) is 20.9. The number of amides is 1. The van der Waals surface area contributed by atoms with Crippen molar-refractivity contribution in [1.29, 1.82) is 0 Å². The number of carboxylic acids is 1. The molecule has 0 aromatic carbocycles. The molecule has 0 saturated heterocycles. The van der Waals surface area contributed by atoms with E-state index in [1.807, 2.05) is 0 Å². The van der Waals surface area contributed by atoms with Gasteiger partial charge >= 0.3 is 11.9 Å². The maximum atomic E-state index is 12.2. The number of rotatable bonds is 41. The zero-order valence-corrected chi connectivity index (χ0v) is 33.6. The van der Waals surface area contributed by atoms with E-state index in [1.54, 1.807) is 0 Å². The fraction of sp³-hybridized carbons (Fsp3) is 0.878. The van der Waals surface area contributed by atoms with Crippen LogP contribution in [0.1, 0.15) is 149 Å². The highest BCUT2D eigenvalue weighted by atomic mass is 16.6. The molecule has 0 rings (SSSR count). The molecule has 1 unspecified atom stereocenters. The van der Waals surface area contributed by atoms with Crippen LogP contribution in [-0.2, 0) is 33.3 Å². The summed E-state index contributed by atoms with van der Waals surface area (Å²) in [6.07, 6.45) is 26.7. The van der Waals surface area contributed by atoms with Gasteiger partial charge in [0.15, 0.2) is 0 Å². The second kappa shape index (κ2) is 40.1. The van der Waals surface area contributed by atoms with Gasteiger partial charge in [0, 0.05) is 13.0 Å². The largest absolute Gasteiger partial charge is 0.480 e. The van der Waals surface area contributed by atoms with E-state index in [0.717, 1.165) is 64.6 Å². The molecule has 0 aliphatic rings. The molecule has 0 fully saturated rings. The van der Waals surface area contributed by atoms with Crippen molar-refractivity contribution in [2.45, 2.75) is 155 Å². The van der Waals surface area contributed by atoms with Crippen LogP contribution in [0.3, 0.4) is 0 Å². The van der Waals surface area contributed by atoms with Gasteiger partial charge in [-0.2, -0.15) is 0 Å². The second-order valence-electron chi connectivity index (χ2n) is 13.7. The highest BCUT2D eigenvalue weighted by molar-refractivity contribution is 5.81. The predicted molar refractivity (Wildman–Crippen MR) is 211 cm³/mol. The van der Waals surface area contributed by atoms with Crippen LogP contribution in [-0.4, -0.2) is 113 Å². The number of carboxylic acid groups (broad SMARTS) is 1. The van der Waals surface area contributed by atoms with Crippen molar-refractivity contribution in [2.24, 2.45) is 0 Å². The fourth-order valence-corrected chi connectivity index (χ4v) is 5.61. The van der Waals surface area contributed by atoms with Gasteiger partial charge in [-0.1, -0.05) is 97.1 Å². The average molecular weight is 742 g/mol. The lowest BCUT2D eigenvalue weighted by Crippen LogP contribution is -2.40. The van der Waals surface area contributed by atoms with Gasteiger partial charge in [-0.3, -0.25) is 14.4 Å². The summed E-state index contributed by atoms with van der Waals surface area (Å²) in [6, 6.07) is -0.970. The molecule has 0 aliphatic carbocycles. The first-order valence-corrected chi connectivity index (χ1v) is 20.9. The Balaban J connectivity index is 3.58. The summed E-state index contributed by atoms with van der Waals surface area (Å²) >= 11 is 0. The number of ether oxygens (including phenoxy) is 4. The van der Waals surface area contributed by atoms with Crippen LogP contribution in [0.4, 0.5) is 0 Å². The summed E-state index contributed by atoms with van der Waals surface area (Å²) in [4.78, 5) is 38.2. The van der Waals surface area contributed by atoms with E-state index >= 15 is 0 Å². The molecular formula is C41H79N3O8. The van der Waals surface area contributed by atoms with Crippen molar-refractivity contribution in [3.8, 4) is 0 Å². The van der Waals surface area contributed by atoms with Crippen molar-refractivity contribution in [3.05, 3.63) is 12.2 Å². The summed E-state index contributed by atoms with van der Waals surface area (Å²) in [5.41, 5.74) is 0. The number of aliphatic carboxylic acids is 1. The summed E-state index contributed by atoms with van der Waals surface area (Å²) in [7, 11) is 0. The smallest absolute Gasteiger partial charge is 0.321 e. The zero-order chi connectivity index (χ0) is 38.2. The molecule has 0 radical (unpaired) electrons. The molecule has 11 nitrogen and oxygen atoms in total. The van der Waals surface area contributed by atoms with E-state index < -0.39 is 18.0 Å². The lowest BCUT2D eigenvalue weighted by Gasteiger charge is -2.22. The minimum Gasteiger partial charge on any atom is -0.480 e. The van der Waals surface area contributed by atoms with Crippen LogP contribution in [0, 0.1) is 0 Å². The van der Waals surface area contributed by atoms with Crippen molar-refractivity contribution < 1.29 is 38.4 Å². The van der Waals surface area contributed by atoms with Crippen molar-refractivity contribution in [3.63, 3.8) is 0 Å². The van der Waals surface area contributed by atoms with Crippen molar-refractivity contribution in [2.75, 3.05) is 79.0 Å².